The van der Waals surface area contributed by atoms with E-state index in [-0.39, 0.29) is 11.5 Å². The molecule has 19 heavy (non-hydrogen) atoms. The number of hydrogen-bond donors (Lipinski definition) is 2. The van der Waals surface area contributed by atoms with Gasteiger partial charge < -0.3 is 10.6 Å². The molecule has 0 bridgehead atoms. The summed E-state index contributed by atoms with van der Waals surface area (Å²) >= 11 is 7.08. The van der Waals surface area contributed by atoms with Gasteiger partial charge in [0.25, 0.3) is 5.91 Å². The molecule has 0 radical (unpaired) electrons. The summed E-state index contributed by atoms with van der Waals surface area (Å²) in [5.74, 6) is -0.797. The molecule has 0 saturated carbocycles. The average Bonchev–Trinajstić information content (AvgIpc) is 2.82. The predicted octanol–water partition coefficient (Wildman–Crippen LogP) is 2.91. The summed E-state index contributed by atoms with van der Waals surface area (Å²) in [6.07, 6.45) is 1.66. The molecule has 0 aliphatic rings. The Labute approximate surface area is 118 Å². The van der Waals surface area contributed by atoms with Crippen LogP contribution < -0.4 is 10.6 Å². The van der Waals surface area contributed by atoms with E-state index < -0.39 is 5.82 Å². The van der Waals surface area contributed by atoms with Gasteiger partial charge in [-0.15, -0.1) is 11.3 Å². The highest BCUT2D eigenvalue weighted by Crippen LogP contribution is 2.21. The number of aromatic nitrogens is 1. The summed E-state index contributed by atoms with van der Waals surface area (Å²) in [4.78, 5) is 16.5. The Morgan fingerprint density at radius 1 is 1.53 bits per heavy atom. The van der Waals surface area contributed by atoms with Crippen LogP contribution in [0.3, 0.4) is 0 Å². The second kappa shape index (κ2) is 5.99. The number of hydrogen-bond acceptors (Lipinski definition) is 4. The molecule has 1 aromatic carbocycles. The van der Waals surface area contributed by atoms with Gasteiger partial charge in [0.2, 0.25) is 0 Å². The number of carbonyl (C=O) groups is 1. The quantitative estimate of drug-likeness (QED) is 0.913. The van der Waals surface area contributed by atoms with E-state index >= 15 is 0 Å². The molecule has 4 nitrogen and oxygen atoms in total. The number of carbonyl (C=O) groups excluding carboxylic acids is 1. The molecule has 0 unspecified atom stereocenters. The molecule has 1 aromatic heterocycles. The van der Waals surface area contributed by atoms with Crippen LogP contribution in [0.15, 0.2) is 24.4 Å². The van der Waals surface area contributed by atoms with Crippen LogP contribution in [-0.2, 0) is 6.54 Å². The van der Waals surface area contributed by atoms with Gasteiger partial charge in [-0.25, -0.2) is 9.37 Å². The van der Waals surface area contributed by atoms with Crippen molar-refractivity contribution in [1.82, 2.24) is 10.3 Å². The van der Waals surface area contributed by atoms with Gasteiger partial charge in [-0.3, -0.25) is 4.79 Å². The van der Waals surface area contributed by atoms with Gasteiger partial charge in [-0.1, -0.05) is 11.6 Å². The Balaban J connectivity index is 2.17. The van der Waals surface area contributed by atoms with Gasteiger partial charge >= 0.3 is 0 Å². The van der Waals surface area contributed by atoms with Crippen molar-refractivity contribution in [2.24, 2.45) is 0 Å². The van der Waals surface area contributed by atoms with E-state index in [9.17, 15) is 9.18 Å². The van der Waals surface area contributed by atoms with Crippen molar-refractivity contribution in [2.75, 3.05) is 12.4 Å². The molecule has 0 saturated heterocycles. The van der Waals surface area contributed by atoms with E-state index in [2.05, 4.69) is 15.6 Å². The second-order valence-electron chi connectivity index (χ2n) is 3.70. The van der Waals surface area contributed by atoms with E-state index in [4.69, 9.17) is 11.6 Å². The second-order valence-corrected chi connectivity index (χ2v) is 5.40. The third kappa shape index (κ3) is 3.42. The first-order valence-electron chi connectivity index (χ1n) is 5.46. The summed E-state index contributed by atoms with van der Waals surface area (Å²) in [6.45, 7) is 0.472. The van der Waals surface area contributed by atoms with Gasteiger partial charge in [-0.05, 0) is 18.2 Å². The Morgan fingerprint density at radius 2 is 2.32 bits per heavy atom. The molecule has 0 atom stereocenters. The van der Waals surface area contributed by atoms with Crippen LogP contribution in [0.1, 0.15) is 15.2 Å². The minimum Gasteiger partial charge on any atom is -0.379 e. The molecule has 0 fully saturated rings. The molecule has 1 amide bonds. The highest BCUT2D eigenvalue weighted by Gasteiger charge is 2.11. The van der Waals surface area contributed by atoms with Gasteiger partial charge in [0.05, 0.1) is 12.1 Å². The lowest BCUT2D eigenvalue weighted by molar-refractivity contribution is 0.0963. The van der Waals surface area contributed by atoms with Crippen LogP contribution >= 0.6 is 22.9 Å². The minimum absolute atomic E-state index is 0.262. The summed E-state index contributed by atoms with van der Waals surface area (Å²) in [6, 6.07) is 4.03. The number of anilines is 1. The molecule has 2 N–H and O–H groups in total. The number of nitrogens with zero attached hydrogens (tertiary/aromatic N) is 1. The van der Waals surface area contributed by atoms with Crippen molar-refractivity contribution in [3.05, 3.63) is 45.1 Å². The third-order valence-electron chi connectivity index (χ3n) is 2.43. The van der Waals surface area contributed by atoms with Crippen molar-refractivity contribution in [2.45, 2.75) is 6.54 Å². The fourth-order valence-electron chi connectivity index (χ4n) is 1.54. The zero-order valence-electron chi connectivity index (χ0n) is 10.0. The molecule has 100 valence electrons. The smallest absolute Gasteiger partial charge is 0.253 e. The molecular formula is C12H11ClFN3OS. The van der Waals surface area contributed by atoms with E-state index in [0.29, 0.717) is 16.7 Å². The first-order valence-corrected chi connectivity index (χ1v) is 6.65. The van der Waals surface area contributed by atoms with Crippen molar-refractivity contribution in [3.8, 4) is 0 Å². The summed E-state index contributed by atoms with van der Waals surface area (Å²) in [7, 11) is 1.50. The molecule has 2 rings (SSSR count). The predicted molar refractivity (Wildman–Crippen MR) is 74.2 cm³/mol. The van der Waals surface area contributed by atoms with Crippen LogP contribution in [0, 0.1) is 5.82 Å². The Kier molecular flexibility index (Phi) is 4.34. The molecule has 0 aliphatic carbocycles. The molecular weight excluding hydrogens is 289 g/mol. The molecule has 1 heterocycles. The Bertz CT molecular complexity index is 602. The van der Waals surface area contributed by atoms with Crippen LogP contribution in [-0.4, -0.2) is 17.9 Å². The van der Waals surface area contributed by atoms with Crippen molar-refractivity contribution >= 4 is 34.5 Å². The van der Waals surface area contributed by atoms with Gasteiger partial charge in [-0.2, -0.15) is 0 Å². The number of rotatable bonds is 4. The van der Waals surface area contributed by atoms with Crippen molar-refractivity contribution < 1.29 is 9.18 Å². The zero-order chi connectivity index (χ0) is 13.8. The van der Waals surface area contributed by atoms with Gasteiger partial charge in [0, 0.05) is 23.8 Å². The Morgan fingerprint density at radius 3 is 2.95 bits per heavy atom. The summed E-state index contributed by atoms with van der Waals surface area (Å²) in [5, 5.41) is 5.54. The molecule has 0 aliphatic heterocycles. The van der Waals surface area contributed by atoms with E-state index in [1.165, 1.54) is 36.6 Å². The lowest BCUT2D eigenvalue weighted by Gasteiger charge is -2.10. The van der Waals surface area contributed by atoms with Crippen molar-refractivity contribution in [1.29, 1.82) is 0 Å². The number of benzene rings is 1. The Hall–Kier alpha value is -1.66. The lowest BCUT2D eigenvalue weighted by atomic mass is 10.1. The normalized spacial score (nSPS) is 10.3. The molecule has 7 heteroatoms. The largest absolute Gasteiger partial charge is 0.379 e. The lowest BCUT2D eigenvalue weighted by Crippen LogP contribution is -2.19. The summed E-state index contributed by atoms with van der Waals surface area (Å²) in [5.41, 5.74) is 0.823. The molecule has 2 aromatic rings. The molecule has 0 spiro atoms. The topological polar surface area (TPSA) is 54.0 Å². The van der Waals surface area contributed by atoms with Crippen LogP contribution in [0.25, 0.3) is 0 Å². The third-order valence-corrected chi connectivity index (χ3v) is 3.55. The van der Waals surface area contributed by atoms with Crippen LogP contribution in [0.5, 0.6) is 0 Å². The van der Waals surface area contributed by atoms with Gasteiger partial charge in [0.1, 0.15) is 5.82 Å². The van der Waals surface area contributed by atoms with E-state index in [1.807, 2.05) is 0 Å². The maximum absolute atomic E-state index is 13.2. The highest BCUT2D eigenvalue weighted by atomic mass is 35.5. The number of thiazole rings is 1. The fourth-order valence-corrected chi connectivity index (χ4v) is 2.46. The van der Waals surface area contributed by atoms with E-state index in [0.717, 1.165) is 4.88 Å². The summed E-state index contributed by atoms with van der Waals surface area (Å²) < 4.78 is 13.6. The van der Waals surface area contributed by atoms with E-state index in [1.54, 1.807) is 6.20 Å². The highest BCUT2D eigenvalue weighted by molar-refractivity contribution is 7.15. The fraction of sp³-hybridized carbons (Fsp3) is 0.167. The van der Waals surface area contributed by atoms with Crippen LogP contribution in [0.2, 0.25) is 4.47 Å². The zero-order valence-corrected chi connectivity index (χ0v) is 11.6. The maximum Gasteiger partial charge on any atom is 0.253 e. The standard InChI is InChI=1S/C12H11ClFN3OS/c1-15-11(18)9-4-7(14)2-3-10(9)16-5-8-6-17-12(13)19-8/h2-4,6,16H,5H2,1H3,(H,15,18). The number of nitrogens with one attached hydrogen (secondary N) is 2. The van der Waals surface area contributed by atoms with Gasteiger partial charge in [0.15, 0.2) is 4.47 Å². The minimum atomic E-state index is -0.454. The number of halogens is 2. The maximum atomic E-state index is 13.2. The monoisotopic (exact) mass is 299 g/mol. The first-order chi connectivity index (χ1) is 9.10. The van der Waals surface area contributed by atoms with Crippen molar-refractivity contribution in [3.63, 3.8) is 0 Å². The first kappa shape index (κ1) is 13.8. The number of amides is 1. The average molecular weight is 300 g/mol. The SMILES string of the molecule is CNC(=O)c1cc(F)ccc1NCc1cnc(Cl)s1. The van der Waals surface area contributed by atoms with Crippen LogP contribution in [0.4, 0.5) is 10.1 Å².